The number of aromatic nitrogens is 3. The highest BCUT2D eigenvalue weighted by atomic mass is 16.1. The van der Waals surface area contributed by atoms with Gasteiger partial charge < -0.3 is 0 Å². The predicted molar refractivity (Wildman–Crippen MR) is 54.2 cm³/mol. The van der Waals surface area contributed by atoms with Crippen molar-refractivity contribution in [2.75, 3.05) is 0 Å². The number of rotatable bonds is 2. The summed E-state index contributed by atoms with van der Waals surface area (Å²) in [5.41, 5.74) is -0.182. The van der Waals surface area contributed by atoms with E-state index in [-0.39, 0.29) is 5.69 Å². The number of aromatic amines is 2. The molecule has 1 aliphatic rings. The average molecular weight is 195 g/mol. The van der Waals surface area contributed by atoms with Crippen LogP contribution in [0.5, 0.6) is 0 Å². The Morgan fingerprint density at radius 1 is 1.50 bits per heavy atom. The van der Waals surface area contributed by atoms with E-state index in [1.165, 1.54) is 25.7 Å². The summed E-state index contributed by atoms with van der Waals surface area (Å²) in [6, 6.07) is 0. The lowest BCUT2D eigenvalue weighted by Gasteiger charge is -2.26. The van der Waals surface area contributed by atoms with Crippen molar-refractivity contribution in [1.29, 1.82) is 0 Å². The molecule has 14 heavy (non-hydrogen) atoms. The highest BCUT2D eigenvalue weighted by molar-refractivity contribution is 4.95. The number of hydrogen-bond acceptors (Lipinski definition) is 2. The molecule has 0 aliphatic heterocycles. The molecule has 0 spiro atoms. The lowest BCUT2D eigenvalue weighted by molar-refractivity contribution is 0.307. The summed E-state index contributed by atoms with van der Waals surface area (Å²) in [6.45, 7) is 2.24. The van der Waals surface area contributed by atoms with Crippen molar-refractivity contribution < 1.29 is 0 Å². The summed E-state index contributed by atoms with van der Waals surface area (Å²) in [5, 5.41) is 6.45. The standard InChI is InChI=1S/C10H17N3O/c1-2-7-4-3-5-8(6-7)9-11-10(14)13-12-9/h7-8H,2-6H2,1H3,(H2,11,12,13,14). The minimum atomic E-state index is -0.182. The van der Waals surface area contributed by atoms with Gasteiger partial charge in [-0.2, -0.15) is 5.10 Å². The van der Waals surface area contributed by atoms with Gasteiger partial charge in [-0.25, -0.2) is 9.89 Å². The van der Waals surface area contributed by atoms with E-state index in [0.29, 0.717) is 5.92 Å². The Morgan fingerprint density at radius 3 is 3.00 bits per heavy atom. The molecule has 78 valence electrons. The maximum atomic E-state index is 10.9. The van der Waals surface area contributed by atoms with Crippen molar-refractivity contribution in [2.45, 2.75) is 44.9 Å². The van der Waals surface area contributed by atoms with Gasteiger partial charge in [0.1, 0.15) is 5.82 Å². The van der Waals surface area contributed by atoms with E-state index in [1.807, 2.05) is 0 Å². The number of nitrogens with one attached hydrogen (secondary N) is 2. The summed E-state index contributed by atoms with van der Waals surface area (Å²) in [6.07, 6.45) is 6.18. The molecule has 0 bridgehead atoms. The van der Waals surface area contributed by atoms with Crippen molar-refractivity contribution >= 4 is 0 Å². The van der Waals surface area contributed by atoms with E-state index in [4.69, 9.17) is 0 Å². The van der Waals surface area contributed by atoms with Gasteiger partial charge in [-0.15, -0.1) is 0 Å². The Hall–Kier alpha value is -1.06. The molecular weight excluding hydrogens is 178 g/mol. The van der Waals surface area contributed by atoms with Gasteiger partial charge in [-0.3, -0.25) is 4.98 Å². The van der Waals surface area contributed by atoms with Crippen LogP contribution in [0.25, 0.3) is 0 Å². The SMILES string of the molecule is CCC1CCCC(c2n[nH]c(=O)[nH]2)C1. The Bertz CT molecular complexity index is 341. The molecule has 4 nitrogen and oxygen atoms in total. The smallest absolute Gasteiger partial charge is 0.293 e. The van der Waals surface area contributed by atoms with Crippen LogP contribution in [0, 0.1) is 5.92 Å². The quantitative estimate of drug-likeness (QED) is 0.755. The zero-order chi connectivity index (χ0) is 9.97. The van der Waals surface area contributed by atoms with E-state index in [1.54, 1.807) is 0 Å². The van der Waals surface area contributed by atoms with Crippen LogP contribution in [0.15, 0.2) is 4.79 Å². The molecule has 0 saturated heterocycles. The highest BCUT2D eigenvalue weighted by Gasteiger charge is 2.24. The van der Waals surface area contributed by atoms with Gasteiger partial charge in [0.2, 0.25) is 0 Å². The molecule has 4 heteroatoms. The summed E-state index contributed by atoms with van der Waals surface area (Å²) in [7, 11) is 0. The van der Waals surface area contributed by atoms with Crippen molar-refractivity contribution in [3.63, 3.8) is 0 Å². The molecule has 1 heterocycles. The minimum Gasteiger partial charge on any atom is -0.293 e. The molecule has 2 N–H and O–H groups in total. The van der Waals surface area contributed by atoms with Crippen LogP contribution in [0.2, 0.25) is 0 Å². The summed E-state index contributed by atoms with van der Waals surface area (Å²) < 4.78 is 0. The second kappa shape index (κ2) is 3.98. The first-order chi connectivity index (χ1) is 6.79. The van der Waals surface area contributed by atoms with Crippen LogP contribution in [-0.4, -0.2) is 15.2 Å². The van der Waals surface area contributed by atoms with Crippen LogP contribution >= 0.6 is 0 Å². The van der Waals surface area contributed by atoms with Crippen molar-refractivity contribution in [3.8, 4) is 0 Å². The fraction of sp³-hybridized carbons (Fsp3) is 0.800. The zero-order valence-electron chi connectivity index (χ0n) is 8.55. The van der Waals surface area contributed by atoms with Crippen molar-refractivity contribution in [1.82, 2.24) is 15.2 Å². The second-order valence-corrected chi connectivity index (χ2v) is 4.20. The molecule has 1 fully saturated rings. The first-order valence-electron chi connectivity index (χ1n) is 5.44. The predicted octanol–water partition coefficient (Wildman–Crippen LogP) is 1.78. The monoisotopic (exact) mass is 195 g/mol. The van der Waals surface area contributed by atoms with Crippen molar-refractivity contribution in [2.24, 2.45) is 5.92 Å². The largest absolute Gasteiger partial charge is 0.340 e. The minimum absolute atomic E-state index is 0.182. The molecule has 1 saturated carbocycles. The summed E-state index contributed by atoms with van der Waals surface area (Å²) >= 11 is 0. The molecule has 1 aromatic rings. The molecular formula is C10H17N3O. The number of H-pyrrole nitrogens is 2. The van der Waals surface area contributed by atoms with E-state index < -0.39 is 0 Å². The molecule has 2 rings (SSSR count). The van der Waals surface area contributed by atoms with E-state index >= 15 is 0 Å². The molecule has 0 radical (unpaired) electrons. The Balaban J connectivity index is 2.07. The fourth-order valence-corrected chi connectivity index (χ4v) is 2.39. The fourth-order valence-electron chi connectivity index (χ4n) is 2.39. The van der Waals surface area contributed by atoms with Gasteiger partial charge >= 0.3 is 5.69 Å². The Labute approximate surface area is 83.1 Å². The van der Waals surface area contributed by atoms with Crippen molar-refractivity contribution in [3.05, 3.63) is 16.3 Å². The zero-order valence-corrected chi connectivity index (χ0v) is 8.55. The van der Waals surface area contributed by atoms with Gasteiger partial charge in [-0.05, 0) is 18.8 Å². The maximum absolute atomic E-state index is 10.9. The van der Waals surface area contributed by atoms with E-state index in [2.05, 4.69) is 22.1 Å². The van der Waals surface area contributed by atoms with Gasteiger partial charge in [-0.1, -0.05) is 26.2 Å². The van der Waals surface area contributed by atoms with Gasteiger partial charge in [0.15, 0.2) is 0 Å². The Kier molecular flexibility index (Phi) is 2.70. The summed E-state index contributed by atoms with van der Waals surface area (Å²) in [5.74, 6) is 2.13. The molecule has 2 atom stereocenters. The number of nitrogens with zero attached hydrogens (tertiary/aromatic N) is 1. The van der Waals surface area contributed by atoms with Crippen LogP contribution in [0.3, 0.4) is 0 Å². The third kappa shape index (κ3) is 1.89. The molecule has 1 aromatic heterocycles. The lowest BCUT2D eigenvalue weighted by atomic mass is 9.80. The van der Waals surface area contributed by atoms with E-state index in [0.717, 1.165) is 18.2 Å². The lowest BCUT2D eigenvalue weighted by Crippen LogP contribution is -2.15. The normalized spacial score (nSPS) is 27.8. The van der Waals surface area contributed by atoms with Crippen LogP contribution in [0.1, 0.15) is 50.8 Å². The van der Waals surface area contributed by atoms with Gasteiger partial charge in [0.25, 0.3) is 0 Å². The molecule has 1 aliphatic carbocycles. The highest BCUT2D eigenvalue weighted by Crippen LogP contribution is 2.35. The first kappa shape index (κ1) is 9.49. The van der Waals surface area contributed by atoms with Gasteiger partial charge in [0.05, 0.1) is 0 Å². The third-order valence-electron chi connectivity index (χ3n) is 3.27. The Morgan fingerprint density at radius 2 is 2.36 bits per heavy atom. The molecule has 0 aromatic carbocycles. The topological polar surface area (TPSA) is 61.5 Å². The number of hydrogen-bond donors (Lipinski definition) is 2. The molecule has 2 unspecified atom stereocenters. The van der Waals surface area contributed by atoms with E-state index in [9.17, 15) is 4.79 Å². The van der Waals surface area contributed by atoms with Crippen LogP contribution in [-0.2, 0) is 0 Å². The van der Waals surface area contributed by atoms with Crippen LogP contribution in [0.4, 0.5) is 0 Å². The third-order valence-corrected chi connectivity index (χ3v) is 3.27. The van der Waals surface area contributed by atoms with Crippen LogP contribution < -0.4 is 5.69 Å². The second-order valence-electron chi connectivity index (χ2n) is 4.20. The molecule has 0 amide bonds. The average Bonchev–Trinajstić information content (AvgIpc) is 2.65. The summed E-state index contributed by atoms with van der Waals surface area (Å²) in [4.78, 5) is 13.7. The maximum Gasteiger partial charge on any atom is 0.340 e. The first-order valence-corrected chi connectivity index (χ1v) is 5.44. The van der Waals surface area contributed by atoms with Gasteiger partial charge in [0, 0.05) is 5.92 Å².